The Morgan fingerprint density at radius 3 is 2.81 bits per heavy atom. The lowest BCUT2D eigenvalue weighted by Gasteiger charge is -2.15. The summed E-state index contributed by atoms with van der Waals surface area (Å²) in [6.07, 6.45) is -0.469. The number of carboxylic acids is 1. The molecule has 0 radical (unpaired) electrons. The van der Waals surface area contributed by atoms with E-state index in [-0.39, 0.29) is 11.7 Å². The number of amides is 2. The highest BCUT2D eigenvalue weighted by Gasteiger charge is 2.21. The molecule has 0 unspecified atom stereocenters. The third kappa shape index (κ3) is 4.09. The van der Waals surface area contributed by atoms with Crippen LogP contribution < -0.4 is 14.9 Å². The number of carbonyl (C=O) groups is 2. The lowest BCUT2D eigenvalue weighted by atomic mass is 10.2. The molecule has 0 atom stereocenters. The van der Waals surface area contributed by atoms with Crippen molar-refractivity contribution >= 4 is 33.4 Å². The zero-order chi connectivity index (χ0) is 15.5. The summed E-state index contributed by atoms with van der Waals surface area (Å²) in [6, 6.07) is 6.15. The Labute approximate surface area is 121 Å². The van der Waals surface area contributed by atoms with Crippen LogP contribution in [0.2, 0.25) is 0 Å². The highest BCUT2D eigenvalue weighted by molar-refractivity contribution is 7.92. The van der Waals surface area contributed by atoms with Gasteiger partial charge in [-0.15, -0.1) is 0 Å². The maximum absolute atomic E-state index is 11.7. The smallest absolute Gasteiger partial charge is 0.321 e. The van der Waals surface area contributed by atoms with Crippen LogP contribution in [-0.4, -0.2) is 44.4 Å². The molecule has 1 aromatic carbocycles. The van der Waals surface area contributed by atoms with Crippen molar-refractivity contribution in [3.05, 3.63) is 24.3 Å². The van der Waals surface area contributed by atoms with E-state index in [0.717, 1.165) is 0 Å². The van der Waals surface area contributed by atoms with Gasteiger partial charge in [0.15, 0.2) is 0 Å². The van der Waals surface area contributed by atoms with Crippen LogP contribution in [-0.2, 0) is 14.8 Å². The average Bonchev–Trinajstić information content (AvgIpc) is 2.83. The molecule has 2 amide bonds. The molecule has 1 saturated heterocycles. The molecule has 0 bridgehead atoms. The standard InChI is InChI=1S/C12H15N3O5S/c16-11(17)4-7-21(19,20)14-9-2-1-3-10(8-9)15-6-5-13-12(15)18/h1-3,8,14H,4-7H2,(H,13,18)(H,16,17). The van der Waals surface area contributed by atoms with Gasteiger partial charge in [-0.25, -0.2) is 13.2 Å². The van der Waals surface area contributed by atoms with Crippen molar-refractivity contribution in [3.8, 4) is 0 Å². The summed E-state index contributed by atoms with van der Waals surface area (Å²) in [5.74, 6) is -1.68. The Kier molecular flexibility index (Phi) is 4.32. The summed E-state index contributed by atoms with van der Waals surface area (Å²) in [6.45, 7) is 1.04. The Balaban J connectivity index is 2.11. The summed E-state index contributed by atoms with van der Waals surface area (Å²) in [5.41, 5.74) is 0.862. The molecule has 114 valence electrons. The first kappa shape index (κ1) is 15.1. The second-order valence-electron chi connectivity index (χ2n) is 4.50. The Hall–Kier alpha value is -2.29. The molecule has 0 saturated carbocycles. The maximum atomic E-state index is 11.7. The van der Waals surface area contributed by atoms with E-state index in [2.05, 4.69) is 10.0 Å². The van der Waals surface area contributed by atoms with Crippen LogP contribution in [0.25, 0.3) is 0 Å². The molecule has 3 N–H and O–H groups in total. The highest BCUT2D eigenvalue weighted by atomic mass is 32.2. The number of carbonyl (C=O) groups excluding carboxylic acids is 1. The van der Waals surface area contributed by atoms with Gasteiger partial charge in [-0.05, 0) is 18.2 Å². The van der Waals surface area contributed by atoms with Crippen LogP contribution in [0.1, 0.15) is 6.42 Å². The summed E-state index contributed by atoms with van der Waals surface area (Å²) < 4.78 is 25.8. The summed E-state index contributed by atoms with van der Waals surface area (Å²) in [5, 5.41) is 11.2. The molecule has 1 aliphatic heterocycles. The van der Waals surface area contributed by atoms with Crippen LogP contribution in [0, 0.1) is 0 Å². The van der Waals surface area contributed by atoms with Crippen molar-refractivity contribution in [2.24, 2.45) is 0 Å². The minimum atomic E-state index is -3.73. The first-order valence-electron chi connectivity index (χ1n) is 6.25. The van der Waals surface area contributed by atoms with Crippen LogP contribution in [0.3, 0.4) is 0 Å². The molecule has 1 fully saturated rings. The van der Waals surface area contributed by atoms with E-state index >= 15 is 0 Å². The number of nitrogens with one attached hydrogen (secondary N) is 2. The molecule has 0 aromatic heterocycles. The number of aliphatic carboxylic acids is 1. The lowest BCUT2D eigenvalue weighted by Crippen LogP contribution is -2.27. The topological polar surface area (TPSA) is 116 Å². The molecule has 1 heterocycles. The second-order valence-corrected chi connectivity index (χ2v) is 6.34. The number of benzene rings is 1. The van der Waals surface area contributed by atoms with Gasteiger partial charge in [0.1, 0.15) is 0 Å². The number of hydrogen-bond acceptors (Lipinski definition) is 4. The fraction of sp³-hybridized carbons (Fsp3) is 0.333. The van der Waals surface area contributed by atoms with Gasteiger partial charge in [0.05, 0.1) is 17.9 Å². The van der Waals surface area contributed by atoms with Crippen molar-refractivity contribution < 1.29 is 23.1 Å². The van der Waals surface area contributed by atoms with E-state index in [1.807, 2.05) is 0 Å². The molecule has 0 aliphatic carbocycles. The van der Waals surface area contributed by atoms with Crippen molar-refractivity contribution in [2.75, 3.05) is 28.5 Å². The largest absolute Gasteiger partial charge is 0.481 e. The zero-order valence-corrected chi connectivity index (χ0v) is 11.9. The van der Waals surface area contributed by atoms with Gasteiger partial charge < -0.3 is 10.4 Å². The Morgan fingerprint density at radius 2 is 2.19 bits per heavy atom. The molecule has 9 heteroatoms. The Bertz CT molecular complexity index is 659. The van der Waals surface area contributed by atoms with Crippen molar-refractivity contribution in [2.45, 2.75) is 6.42 Å². The van der Waals surface area contributed by atoms with E-state index < -0.39 is 28.2 Å². The molecule has 8 nitrogen and oxygen atoms in total. The zero-order valence-electron chi connectivity index (χ0n) is 11.1. The summed E-state index contributed by atoms with van der Waals surface area (Å²) in [4.78, 5) is 23.5. The molecule has 21 heavy (non-hydrogen) atoms. The minimum Gasteiger partial charge on any atom is -0.481 e. The molecule has 0 spiro atoms. The van der Waals surface area contributed by atoms with Crippen LogP contribution in [0.5, 0.6) is 0 Å². The van der Waals surface area contributed by atoms with Gasteiger partial charge in [0.2, 0.25) is 10.0 Å². The fourth-order valence-corrected chi connectivity index (χ4v) is 2.94. The van der Waals surface area contributed by atoms with Crippen LogP contribution in [0.4, 0.5) is 16.2 Å². The van der Waals surface area contributed by atoms with Crippen molar-refractivity contribution in [3.63, 3.8) is 0 Å². The van der Waals surface area contributed by atoms with Gasteiger partial charge in [-0.1, -0.05) is 6.07 Å². The predicted molar refractivity (Wildman–Crippen MR) is 76.8 cm³/mol. The van der Waals surface area contributed by atoms with Crippen molar-refractivity contribution in [1.29, 1.82) is 0 Å². The molecule has 1 aliphatic rings. The predicted octanol–water partition coefficient (Wildman–Crippen LogP) is 0.433. The maximum Gasteiger partial charge on any atom is 0.321 e. The van der Waals surface area contributed by atoms with Crippen LogP contribution >= 0.6 is 0 Å². The van der Waals surface area contributed by atoms with Gasteiger partial charge in [-0.2, -0.15) is 0 Å². The molecule has 2 rings (SSSR count). The highest BCUT2D eigenvalue weighted by Crippen LogP contribution is 2.21. The van der Waals surface area contributed by atoms with Crippen molar-refractivity contribution in [1.82, 2.24) is 5.32 Å². The van der Waals surface area contributed by atoms with E-state index in [1.165, 1.54) is 17.0 Å². The average molecular weight is 313 g/mol. The monoisotopic (exact) mass is 313 g/mol. The van der Waals surface area contributed by atoms with Gasteiger partial charge in [0, 0.05) is 18.8 Å². The fourth-order valence-electron chi connectivity index (χ4n) is 1.91. The first-order valence-corrected chi connectivity index (χ1v) is 7.90. The second kappa shape index (κ2) is 6.00. The number of anilines is 2. The van der Waals surface area contributed by atoms with E-state index in [4.69, 9.17) is 5.11 Å². The van der Waals surface area contributed by atoms with Crippen LogP contribution in [0.15, 0.2) is 24.3 Å². The number of rotatable bonds is 6. The third-order valence-corrected chi connectivity index (χ3v) is 4.16. The quantitative estimate of drug-likeness (QED) is 0.704. The Morgan fingerprint density at radius 1 is 1.43 bits per heavy atom. The molecular weight excluding hydrogens is 298 g/mol. The lowest BCUT2D eigenvalue weighted by molar-refractivity contribution is -0.136. The van der Waals surface area contributed by atoms with Gasteiger partial charge in [-0.3, -0.25) is 14.4 Å². The number of urea groups is 1. The number of hydrogen-bond donors (Lipinski definition) is 3. The number of nitrogens with zero attached hydrogens (tertiary/aromatic N) is 1. The molecular formula is C12H15N3O5S. The summed E-state index contributed by atoms with van der Waals surface area (Å²) >= 11 is 0. The van der Waals surface area contributed by atoms with Gasteiger partial charge in [0.25, 0.3) is 0 Å². The third-order valence-electron chi connectivity index (χ3n) is 2.87. The first-order chi connectivity index (χ1) is 9.87. The van der Waals surface area contributed by atoms with E-state index in [1.54, 1.807) is 12.1 Å². The molecule has 1 aromatic rings. The summed E-state index contributed by atoms with van der Waals surface area (Å²) in [7, 11) is -3.73. The van der Waals surface area contributed by atoms with E-state index in [0.29, 0.717) is 18.8 Å². The van der Waals surface area contributed by atoms with E-state index in [9.17, 15) is 18.0 Å². The normalized spacial score (nSPS) is 14.9. The number of sulfonamides is 1. The van der Waals surface area contributed by atoms with Gasteiger partial charge >= 0.3 is 12.0 Å². The SMILES string of the molecule is O=C(O)CCS(=O)(=O)Nc1cccc(N2CCNC2=O)c1. The minimum absolute atomic E-state index is 0.235. The number of carboxylic acid groups (broad SMARTS) is 1.